The second-order valence-electron chi connectivity index (χ2n) is 4.53. The van der Waals surface area contributed by atoms with Gasteiger partial charge in [-0.2, -0.15) is 5.10 Å². The lowest BCUT2D eigenvalue weighted by molar-refractivity contribution is 0.298. The highest BCUT2D eigenvalue weighted by Gasteiger charge is 2.06. The van der Waals surface area contributed by atoms with E-state index in [0.29, 0.717) is 16.8 Å². The number of nitrogens with zero attached hydrogens (tertiary/aromatic N) is 2. The lowest BCUT2D eigenvalue weighted by Crippen LogP contribution is -2.19. The van der Waals surface area contributed by atoms with Gasteiger partial charge in [0.2, 0.25) is 5.95 Å². The summed E-state index contributed by atoms with van der Waals surface area (Å²) < 4.78 is 0. The predicted octanol–water partition coefficient (Wildman–Crippen LogP) is 1.42. The number of hydrogen-bond acceptors (Lipinski definition) is 6. The van der Waals surface area contributed by atoms with Gasteiger partial charge in [0.1, 0.15) is 5.75 Å². The summed E-state index contributed by atoms with van der Waals surface area (Å²) in [6.07, 6.45) is 1.73. The highest BCUT2D eigenvalue weighted by atomic mass is 35.5. The van der Waals surface area contributed by atoms with Crippen molar-refractivity contribution in [2.45, 2.75) is 13.3 Å². The van der Waals surface area contributed by atoms with E-state index >= 15 is 0 Å². The molecule has 1 heterocycles. The summed E-state index contributed by atoms with van der Waals surface area (Å²) in [7, 11) is 0. The Morgan fingerprint density at radius 1 is 1.50 bits per heavy atom. The molecule has 0 unspecified atom stereocenters. The van der Waals surface area contributed by atoms with Gasteiger partial charge in [0, 0.05) is 18.6 Å². The highest BCUT2D eigenvalue weighted by Crippen LogP contribution is 2.22. The van der Waals surface area contributed by atoms with E-state index in [4.69, 9.17) is 16.7 Å². The average Bonchev–Trinajstić information content (AvgIpc) is 2.47. The molecular formula is C14H15ClN4O3. The van der Waals surface area contributed by atoms with Crippen molar-refractivity contribution in [3.8, 4) is 5.75 Å². The first-order valence-corrected chi connectivity index (χ1v) is 6.87. The fourth-order valence-electron chi connectivity index (χ4n) is 1.84. The van der Waals surface area contributed by atoms with Gasteiger partial charge >= 0.3 is 0 Å². The third-order valence-corrected chi connectivity index (χ3v) is 3.24. The van der Waals surface area contributed by atoms with Gasteiger partial charge in [-0.15, -0.1) is 0 Å². The number of aromatic amines is 1. The lowest BCUT2D eigenvalue weighted by atomic mass is 10.2. The third kappa shape index (κ3) is 3.84. The number of hydrogen-bond donors (Lipinski definition) is 4. The van der Waals surface area contributed by atoms with Crippen LogP contribution in [0.2, 0.25) is 5.02 Å². The zero-order valence-electron chi connectivity index (χ0n) is 11.8. The summed E-state index contributed by atoms with van der Waals surface area (Å²) in [5.41, 5.74) is 3.95. The van der Waals surface area contributed by atoms with Gasteiger partial charge in [-0.25, -0.2) is 10.4 Å². The lowest BCUT2D eigenvalue weighted by Gasteiger charge is -2.05. The first-order chi connectivity index (χ1) is 10.5. The molecule has 1 aromatic carbocycles. The van der Waals surface area contributed by atoms with Gasteiger partial charge in [0.15, 0.2) is 0 Å². The minimum atomic E-state index is -0.313. The molecule has 0 aliphatic rings. The third-order valence-electron chi connectivity index (χ3n) is 2.94. The van der Waals surface area contributed by atoms with E-state index in [1.165, 1.54) is 12.3 Å². The number of hydrazone groups is 1. The van der Waals surface area contributed by atoms with Crippen LogP contribution in [0.25, 0.3) is 0 Å². The minimum Gasteiger partial charge on any atom is -0.506 e. The Morgan fingerprint density at radius 2 is 2.27 bits per heavy atom. The topological polar surface area (TPSA) is 111 Å². The molecule has 4 N–H and O–H groups in total. The summed E-state index contributed by atoms with van der Waals surface area (Å²) in [6, 6.07) is 4.64. The first-order valence-electron chi connectivity index (χ1n) is 6.49. The number of aromatic hydroxyl groups is 1. The molecule has 0 spiro atoms. The van der Waals surface area contributed by atoms with Crippen LogP contribution in [0.5, 0.6) is 5.75 Å². The van der Waals surface area contributed by atoms with Crippen LogP contribution in [0.15, 0.2) is 28.1 Å². The molecule has 0 aliphatic carbocycles. The molecule has 0 saturated heterocycles. The molecule has 1 aromatic heterocycles. The smallest absolute Gasteiger partial charge is 0.255 e. The van der Waals surface area contributed by atoms with E-state index in [1.54, 1.807) is 19.1 Å². The van der Waals surface area contributed by atoms with Crippen molar-refractivity contribution >= 4 is 23.8 Å². The SMILES string of the molecule is Cc1nc(N/N=C\c2ccc(O)c(Cl)c2)[nH]c(=O)c1CCO. The van der Waals surface area contributed by atoms with Crippen molar-refractivity contribution in [1.82, 2.24) is 9.97 Å². The number of benzene rings is 1. The van der Waals surface area contributed by atoms with E-state index in [9.17, 15) is 9.90 Å². The molecule has 116 valence electrons. The number of H-pyrrole nitrogens is 1. The molecule has 0 atom stereocenters. The first kappa shape index (κ1) is 16.0. The molecule has 8 heteroatoms. The number of nitrogens with one attached hydrogen (secondary N) is 2. The Kier molecular flexibility index (Phi) is 5.13. The van der Waals surface area contributed by atoms with Crippen LogP contribution in [0.1, 0.15) is 16.8 Å². The molecule has 2 aromatic rings. The Labute approximate surface area is 131 Å². The number of rotatable bonds is 5. The van der Waals surface area contributed by atoms with E-state index in [-0.39, 0.29) is 35.3 Å². The van der Waals surface area contributed by atoms with Crippen LogP contribution in [0.4, 0.5) is 5.95 Å². The van der Waals surface area contributed by atoms with E-state index in [1.807, 2.05) is 0 Å². The number of phenols is 1. The maximum atomic E-state index is 11.8. The van der Waals surface area contributed by atoms with Crippen LogP contribution >= 0.6 is 11.6 Å². The van der Waals surface area contributed by atoms with Crippen molar-refractivity contribution in [1.29, 1.82) is 0 Å². The average molecular weight is 323 g/mol. The minimum absolute atomic E-state index is 0.00660. The Hall–Kier alpha value is -2.38. The molecule has 0 bridgehead atoms. The number of aryl methyl sites for hydroxylation is 1. The Morgan fingerprint density at radius 3 is 2.91 bits per heavy atom. The maximum Gasteiger partial charge on any atom is 0.255 e. The van der Waals surface area contributed by atoms with Crippen LogP contribution in [0, 0.1) is 6.92 Å². The van der Waals surface area contributed by atoms with Crippen molar-refractivity contribution in [2.75, 3.05) is 12.0 Å². The van der Waals surface area contributed by atoms with E-state index in [2.05, 4.69) is 20.5 Å². The molecular weight excluding hydrogens is 308 g/mol. The Bertz CT molecular complexity index is 758. The van der Waals surface area contributed by atoms with Gasteiger partial charge in [0.25, 0.3) is 5.56 Å². The van der Waals surface area contributed by atoms with Crippen molar-refractivity contribution in [2.24, 2.45) is 5.10 Å². The van der Waals surface area contributed by atoms with Crippen LogP contribution in [-0.2, 0) is 6.42 Å². The highest BCUT2D eigenvalue weighted by molar-refractivity contribution is 6.32. The maximum absolute atomic E-state index is 11.8. The number of anilines is 1. The zero-order valence-corrected chi connectivity index (χ0v) is 12.6. The fraction of sp³-hybridized carbons (Fsp3) is 0.214. The van der Waals surface area contributed by atoms with Gasteiger partial charge in [-0.1, -0.05) is 11.6 Å². The number of phenolic OH excluding ortho intramolecular Hbond substituents is 1. The van der Waals surface area contributed by atoms with E-state index in [0.717, 1.165) is 0 Å². The predicted molar refractivity (Wildman–Crippen MR) is 84.7 cm³/mol. The van der Waals surface area contributed by atoms with E-state index < -0.39 is 0 Å². The number of aromatic nitrogens is 2. The standard InChI is InChI=1S/C14H15ClN4O3/c1-8-10(4-5-20)13(22)18-14(17-8)19-16-7-9-2-3-12(21)11(15)6-9/h2-3,6-7,20-21H,4-5H2,1H3,(H2,17,18,19,22)/b16-7-. The summed E-state index contributed by atoms with van der Waals surface area (Å²) >= 11 is 5.79. The van der Waals surface area contributed by atoms with Crippen LogP contribution in [0.3, 0.4) is 0 Å². The molecule has 0 saturated carbocycles. The molecule has 0 aliphatic heterocycles. The number of aliphatic hydroxyl groups is 1. The van der Waals surface area contributed by atoms with Crippen molar-refractivity contribution < 1.29 is 10.2 Å². The normalized spacial score (nSPS) is 11.0. The number of halogens is 1. The van der Waals surface area contributed by atoms with Gasteiger partial charge in [0.05, 0.1) is 16.9 Å². The largest absolute Gasteiger partial charge is 0.506 e. The molecule has 22 heavy (non-hydrogen) atoms. The zero-order chi connectivity index (χ0) is 16.1. The van der Waals surface area contributed by atoms with Crippen molar-refractivity contribution in [3.63, 3.8) is 0 Å². The summed E-state index contributed by atoms with van der Waals surface area (Å²) in [5, 5.41) is 22.4. The summed E-state index contributed by atoms with van der Waals surface area (Å²) in [6.45, 7) is 1.58. The fourth-order valence-corrected chi connectivity index (χ4v) is 2.03. The number of aliphatic hydroxyl groups excluding tert-OH is 1. The second kappa shape index (κ2) is 7.06. The Balaban J connectivity index is 2.12. The summed E-state index contributed by atoms with van der Waals surface area (Å²) in [5.74, 6) is 0.193. The van der Waals surface area contributed by atoms with Gasteiger partial charge < -0.3 is 10.2 Å². The van der Waals surface area contributed by atoms with Crippen LogP contribution < -0.4 is 11.0 Å². The van der Waals surface area contributed by atoms with Crippen molar-refractivity contribution in [3.05, 3.63) is 50.4 Å². The summed E-state index contributed by atoms with van der Waals surface area (Å²) in [4.78, 5) is 18.5. The molecule has 0 radical (unpaired) electrons. The molecule has 0 amide bonds. The quantitative estimate of drug-likeness (QED) is 0.491. The monoisotopic (exact) mass is 322 g/mol. The molecule has 2 rings (SSSR count). The van der Waals surface area contributed by atoms with Gasteiger partial charge in [-0.3, -0.25) is 9.78 Å². The van der Waals surface area contributed by atoms with Gasteiger partial charge in [-0.05, 0) is 30.7 Å². The molecule has 7 nitrogen and oxygen atoms in total. The molecule has 0 fully saturated rings. The second-order valence-corrected chi connectivity index (χ2v) is 4.94. The van der Waals surface area contributed by atoms with Crippen LogP contribution in [-0.4, -0.2) is 33.0 Å².